The average molecular weight is 522 g/mol. The van der Waals surface area contributed by atoms with Crippen LogP contribution in [0.3, 0.4) is 0 Å². The second-order valence-electron chi connectivity index (χ2n) is 10.9. The molecule has 1 saturated carbocycles. The number of nitrogens with zero attached hydrogens (tertiary/aromatic N) is 2. The molecular weight excluding hydrogens is 485 g/mol. The third-order valence-corrected chi connectivity index (χ3v) is 6.56. The van der Waals surface area contributed by atoms with Gasteiger partial charge < -0.3 is 15.4 Å². The van der Waals surface area contributed by atoms with Crippen molar-refractivity contribution in [2.24, 2.45) is 0 Å². The summed E-state index contributed by atoms with van der Waals surface area (Å²) < 4.78 is 20.1. The van der Waals surface area contributed by atoms with E-state index in [2.05, 4.69) is 20.9 Å². The largest absolute Gasteiger partial charge is 0.444 e. The molecule has 0 unspecified atom stereocenters. The van der Waals surface area contributed by atoms with Crippen molar-refractivity contribution in [3.05, 3.63) is 47.5 Å². The Morgan fingerprint density at radius 3 is 2.37 bits per heavy atom. The lowest BCUT2D eigenvalue weighted by Gasteiger charge is -2.19. The van der Waals surface area contributed by atoms with Crippen molar-refractivity contribution in [2.45, 2.75) is 84.8 Å². The van der Waals surface area contributed by atoms with Gasteiger partial charge in [-0.3, -0.25) is 10.3 Å². The number of rotatable bonds is 4. The molecule has 2 heterocycles. The molecule has 3 N–H and O–H groups in total. The van der Waals surface area contributed by atoms with E-state index in [9.17, 15) is 14.0 Å². The Kier molecular flexibility index (Phi) is 8.14. The van der Waals surface area contributed by atoms with Crippen LogP contribution in [0.1, 0.15) is 70.6 Å². The van der Waals surface area contributed by atoms with Crippen LogP contribution in [0.4, 0.5) is 25.5 Å². The summed E-state index contributed by atoms with van der Waals surface area (Å²) in [5.41, 5.74) is 3.14. The van der Waals surface area contributed by atoms with E-state index in [1.165, 1.54) is 18.9 Å². The summed E-state index contributed by atoms with van der Waals surface area (Å²) in [7, 11) is 0. The molecule has 3 aromatic rings. The van der Waals surface area contributed by atoms with Gasteiger partial charge in [0, 0.05) is 34.9 Å². The van der Waals surface area contributed by atoms with E-state index in [0.29, 0.717) is 11.3 Å². The molecule has 1 aliphatic carbocycles. The number of pyridine rings is 2. The maximum Gasteiger partial charge on any atom is 0.413 e. The van der Waals surface area contributed by atoms with E-state index in [0.717, 1.165) is 53.5 Å². The van der Waals surface area contributed by atoms with E-state index < -0.39 is 23.5 Å². The Morgan fingerprint density at radius 1 is 0.974 bits per heavy atom. The van der Waals surface area contributed by atoms with Crippen molar-refractivity contribution in [1.29, 1.82) is 0 Å². The van der Waals surface area contributed by atoms with E-state index in [-0.39, 0.29) is 11.7 Å². The number of fused-ring (bicyclic) bond motifs is 1. The predicted molar refractivity (Wildman–Crippen MR) is 148 cm³/mol. The smallest absolute Gasteiger partial charge is 0.413 e. The number of aromatic nitrogens is 2. The van der Waals surface area contributed by atoms with Gasteiger partial charge in [0.1, 0.15) is 17.2 Å². The van der Waals surface area contributed by atoms with Crippen LogP contribution in [0.25, 0.3) is 22.0 Å². The first-order valence-corrected chi connectivity index (χ1v) is 13.1. The maximum atomic E-state index is 14.8. The lowest BCUT2D eigenvalue weighted by Crippen LogP contribution is -2.37. The first-order valence-electron chi connectivity index (χ1n) is 13.1. The van der Waals surface area contributed by atoms with E-state index in [1.807, 2.05) is 19.9 Å². The zero-order chi connectivity index (χ0) is 27.4. The molecule has 0 saturated heterocycles. The number of hydrogen-bond donors (Lipinski definition) is 3. The topological polar surface area (TPSA) is 105 Å². The van der Waals surface area contributed by atoms with Gasteiger partial charge in [0.2, 0.25) is 0 Å². The molecule has 1 fully saturated rings. The number of amides is 3. The van der Waals surface area contributed by atoms with Crippen LogP contribution >= 0.6 is 0 Å². The number of carbonyl (C=O) groups excluding carboxylic acids is 2. The lowest BCUT2D eigenvalue weighted by molar-refractivity contribution is 0.0635. The third kappa shape index (κ3) is 6.96. The minimum Gasteiger partial charge on any atom is -0.444 e. The number of urea groups is 1. The fourth-order valence-electron chi connectivity index (χ4n) is 4.74. The molecule has 0 atom stereocenters. The Labute approximate surface area is 222 Å². The molecule has 9 heteroatoms. The van der Waals surface area contributed by atoms with Crippen molar-refractivity contribution in [3.8, 4) is 11.1 Å². The van der Waals surface area contributed by atoms with Crippen molar-refractivity contribution >= 4 is 34.5 Å². The molecule has 0 bridgehead atoms. The van der Waals surface area contributed by atoms with Crippen LogP contribution in [0.15, 0.2) is 30.5 Å². The Morgan fingerprint density at radius 2 is 1.68 bits per heavy atom. The maximum absolute atomic E-state index is 14.8. The number of hydrogen-bond acceptors (Lipinski definition) is 5. The average Bonchev–Trinajstić information content (AvgIpc) is 3.08. The summed E-state index contributed by atoms with van der Waals surface area (Å²) in [6, 6.07) is 6.40. The number of ether oxygens (including phenoxy) is 1. The molecule has 0 aliphatic heterocycles. The highest BCUT2D eigenvalue weighted by atomic mass is 19.1. The lowest BCUT2D eigenvalue weighted by atomic mass is 9.97. The molecule has 8 nitrogen and oxygen atoms in total. The zero-order valence-corrected chi connectivity index (χ0v) is 22.7. The first-order chi connectivity index (χ1) is 18.0. The highest BCUT2D eigenvalue weighted by molar-refractivity contribution is 5.93. The monoisotopic (exact) mass is 521 g/mol. The number of nitrogens with one attached hydrogen (secondary N) is 3. The van der Waals surface area contributed by atoms with Crippen molar-refractivity contribution in [1.82, 2.24) is 15.3 Å². The van der Waals surface area contributed by atoms with Crippen molar-refractivity contribution in [3.63, 3.8) is 0 Å². The molecule has 0 radical (unpaired) electrons. The highest BCUT2D eigenvalue weighted by Gasteiger charge is 2.19. The molecule has 202 valence electrons. The summed E-state index contributed by atoms with van der Waals surface area (Å²) in [5, 5.41) is 9.09. The van der Waals surface area contributed by atoms with Crippen LogP contribution in [-0.4, -0.2) is 33.7 Å². The summed E-state index contributed by atoms with van der Waals surface area (Å²) in [5.74, 6) is -0.163. The molecular formula is C29H36FN5O3. The fourth-order valence-corrected chi connectivity index (χ4v) is 4.74. The fraction of sp³-hybridized carbons (Fsp3) is 0.448. The van der Waals surface area contributed by atoms with Crippen molar-refractivity contribution in [2.75, 3.05) is 10.6 Å². The molecule has 4 rings (SSSR count). The summed E-state index contributed by atoms with van der Waals surface area (Å²) in [6.45, 7) is 9.05. The van der Waals surface area contributed by atoms with Gasteiger partial charge in [-0.15, -0.1) is 0 Å². The van der Waals surface area contributed by atoms with Crippen LogP contribution in [0.2, 0.25) is 0 Å². The van der Waals surface area contributed by atoms with Crippen LogP contribution < -0.4 is 16.0 Å². The Balaban J connectivity index is 1.56. The van der Waals surface area contributed by atoms with Crippen molar-refractivity contribution < 1.29 is 18.7 Å². The minimum absolute atomic E-state index is 0.111. The second kappa shape index (κ2) is 11.3. The number of benzene rings is 1. The number of halogens is 1. The van der Waals surface area contributed by atoms with Gasteiger partial charge >= 0.3 is 12.1 Å². The van der Waals surface area contributed by atoms with Crippen LogP contribution in [0, 0.1) is 19.7 Å². The quantitative estimate of drug-likeness (QED) is 0.314. The van der Waals surface area contributed by atoms with Gasteiger partial charge in [-0.05, 0) is 76.8 Å². The molecule has 3 amide bonds. The van der Waals surface area contributed by atoms with E-state index in [1.54, 1.807) is 39.1 Å². The first kappa shape index (κ1) is 27.3. The van der Waals surface area contributed by atoms with Gasteiger partial charge in [0.25, 0.3) is 0 Å². The Hall–Kier alpha value is -3.75. The Bertz CT molecular complexity index is 1340. The zero-order valence-electron chi connectivity index (χ0n) is 22.7. The third-order valence-electron chi connectivity index (χ3n) is 6.56. The number of anilines is 2. The summed E-state index contributed by atoms with van der Waals surface area (Å²) in [6.07, 6.45) is 7.47. The molecule has 2 aromatic heterocycles. The van der Waals surface area contributed by atoms with Gasteiger partial charge in [0.15, 0.2) is 0 Å². The normalized spacial score (nSPS) is 14.6. The standard InChI is InChI=1S/C29H36FN5O3/c1-17-12-23(30)25(34-27(36)33-20-10-8-6-7-9-11-20)14-21(17)22-13-19-16-31-26(15-24(19)32-18(22)2)35-28(37)38-29(3,4)5/h12-16,20H,6-11H2,1-5H3,(H,31,35,37)(H2,33,34,36). The molecule has 1 aliphatic rings. The summed E-state index contributed by atoms with van der Waals surface area (Å²) >= 11 is 0. The van der Waals surface area contributed by atoms with Gasteiger partial charge in [-0.1, -0.05) is 25.7 Å². The number of aryl methyl sites for hydroxylation is 2. The number of carbonyl (C=O) groups is 2. The van der Waals surface area contributed by atoms with E-state index >= 15 is 0 Å². The van der Waals surface area contributed by atoms with Gasteiger partial charge in [0.05, 0.1) is 11.2 Å². The van der Waals surface area contributed by atoms with Crippen LogP contribution in [0.5, 0.6) is 0 Å². The highest BCUT2D eigenvalue weighted by Crippen LogP contribution is 2.33. The minimum atomic E-state index is -0.624. The van der Waals surface area contributed by atoms with Gasteiger partial charge in [-0.25, -0.2) is 19.0 Å². The molecule has 1 aromatic carbocycles. The second-order valence-corrected chi connectivity index (χ2v) is 10.9. The SMILES string of the molecule is Cc1cc(F)c(NC(=O)NC2CCCCCC2)cc1-c1cc2cnc(NC(=O)OC(C)(C)C)cc2nc1C. The van der Waals surface area contributed by atoms with Gasteiger partial charge in [-0.2, -0.15) is 0 Å². The van der Waals surface area contributed by atoms with Crippen LogP contribution in [-0.2, 0) is 4.74 Å². The molecule has 0 spiro atoms. The van der Waals surface area contributed by atoms with E-state index in [4.69, 9.17) is 9.72 Å². The predicted octanol–water partition coefficient (Wildman–Crippen LogP) is 7.24. The summed E-state index contributed by atoms with van der Waals surface area (Å²) in [4.78, 5) is 33.8. The molecule has 38 heavy (non-hydrogen) atoms.